The van der Waals surface area contributed by atoms with Crippen LogP contribution in [0.5, 0.6) is 0 Å². The number of fused-ring (bicyclic) bond motifs is 1. The number of hydrogen-bond donors (Lipinski definition) is 1. The Bertz CT molecular complexity index is 1130. The van der Waals surface area contributed by atoms with E-state index in [-0.39, 0.29) is 28.9 Å². The summed E-state index contributed by atoms with van der Waals surface area (Å²) in [6.45, 7) is 3.72. The van der Waals surface area contributed by atoms with Gasteiger partial charge in [-0.1, -0.05) is 6.07 Å². The summed E-state index contributed by atoms with van der Waals surface area (Å²) in [4.78, 5) is 16.1. The number of piperazine rings is 1. The first kappa shape index (κ1) is 20.5. The van der Waals surface area contributed by atoms with Crippen molar-refractivity contribution in [3.05, 3.63) is 58.8 Å². The van der Waals surface area contributed by atoms with Gasteiger partial charge in [-0.3, -0.25) is 9.55 Å². The van der Waals surface area contributed by atoms with E-state index < -0.39 is 15.8 Å². The third-order valence-corrected chi connectivity index (χ3v) is 6.73. The van der Waals surface area contributed by atoms with E-state index in [2.05, 4.69) is 10.3 Å². The Kier molecular flexibility index (Phi) is 5.90. The zero-order valence-electron chi connectivity index (χ0n) is 15.2. The van der Waals surface area contributed by atoms with Crippen LogP contribution in [0.4, 0.5) is 0 Å². The van der Waals surface area contributed by atoms with Gasteiger partial charge in [0, 0.05) is 44.6 Å². The maximum atomic E-state index is 13.3. The van der Waals surface area contributed by atoms with Gasteiger partial charge in [-0.25, -0.2) is 13.2 Å². The SMILES string of the molecule is CCn1c(=O)oc2cc(S(=O)(=O)N3CCNCC3c3cccnc3)ccc21.Cl. The van der Waals surface area contributed by atoms with Gasteiger partial charge in [0.2, 0.25) is 10.0 Å². The molecule has 0 saturated carbocycles. The normalized spacial score (nSPS) is 18.1. The van der Waals surface area contributed by atoms with Crippen LogP contribution in [0.3, 0.4) is 0 Å². The fourth-order valence-corrected chi connectivity index (χ4v) is 5.10. The second-order valence-corrected chi connectivity index (χ2v) is 8.25. The van der Waals surface area contributed by atoms with E-state index in [1.165, 1.54) is 21.0 Å². The van der Waals surface area contributed by atoms with Gasteiger partial charge >= 0.3 is 5.76 Å². The summed E-state index contributed by atoms with van der Waals surface area (Å²) in [6, 6.07) is 7.90. The molecule has 0 radical (unpaired) electrons. The van der Waals surface area contributed by atoms with Gasteiger partial charge in [0.15, 0.2) is 5.58 Å². The third-order valence-electron chi connectivity index (χ3n) is 4.83. The van der Waals surface area contributed by atoms with E-state index in [4.69, 9.17) is 4.42 Å². The predicted molar refractivity (Wildman–Crippen MR) is 107 cm³/mol. The number of aromatic nitrogens is 2. The average Bonchev–Trinajstić information content (AvgIpc) is 3.02. The number of benzene rings is 1. The number of nitrogens with zero attached hydrogens (tertiary/aromatic N) is 3. The molecule has 28 heavy (non-hydrogen) atoms. The number of hydrogen-bond acceptors (Lipinski definition) is 6. The highest BCUT2D eigenvalue weighted by atomic mass is 35.5. The number of pyridine rings is 1. The first-order valence-electron chi connectivity index (χ1n) is 8.78. The molecule has 1 fully saturated rings. The number of oxazole rings is 1. The molecule has 1 N–H and O–H groups in total. The minimum absolute atomic E-state index is 0. The topological polar surface area (TPSA) is 97.4 Å². The maximum absolute atomic E-state index is 13.3. The lowest BCUT2D eigenvalue weighted by molar-refractivity contribution is 0.271. The highest BCUT2D eigenvalue weighted by Crippen LogP contribution is 2.29. The summed E-state index contributed by atoms with van der Waals surface area (Å²) in [6.07, 6.45) is 3.34. The molecule has 3 heterocycles. The number of aryl methyl sites for hydroxylation is 1. The highest BCUT2D eigenvalue weighted by Gasteiger charge is 2.34. The van der Waals surface area contributed by atoms with Crippen molar-refractivity contribution in [3.8, 4) is 0 Å². The average molecular weight is 425 g/mol. The summed E-state index contributed by atoms with van der Waals surface area (Å²) in [5.74, 6) is -0.488. The Labute approximate surface area is 168 Å². The van der Waals surface area contributed by atoms with Crippen molar-refractivity contribution in [1.29, 1.82) is 0 Å². The Morgan fingerprint density at radius 2 is 2.14 bits per heavy atom. The van der Waals surface area contributed by atoms with Gasteiger partial charge in [-0.2, -0.15) is 4.31 Å². The van der Waals surface area contributed by atoms with Crippen LogP contribution in [0.1, 0.15) is 18.5 Å². The van der Waals surface area contributed by atoms with Crippen LogP contribution in [-0.4, -0.2) is 41.9 Å². The van der Waals surface area contributed by atoms with Gasteiger partial charge in [-0.15, -0.1) is 12.4 Å². The number of nitrogens with one attached hydrogen (secondary N) is 1. The molecule has 150 valence electrons. The zero-order valence-corrected chi connectivity index (χ0v) is 16.9. The van der Waals surface area contributed by atoms with Crippen LogP contribution in [0.2, 0.25) is 0 Å². The van der Waals surface area contributed by atoms with Crippen LogP contribution < -0.4 is 11.1 Å². The lowest BCUT2D eigenvalue weighted by atomic mass is 10.1. The Balaban J connectivity index is 0.00000225. The highest BCUT2D eigenvalue weighted by molar-refractivity contribution is 7.89. The standard InChI is InChI=1S/C18H20N4O4S.ClH/c1-2-21-15-6-5-14(10-17(15)26-18(21)23)27(24,25)22-9-8-20-12-16(22)13-4-3-7-19-11-13;/h3-7,10-11,16,20H,2,8-9,12H2,1H3;1H. The second-order valence-electron chi connectivity index (χ2n) is 6.36. The zero-order chi connectivity index (χ0) is 19.0. The van der Waals surface area contributed by atoms with E-state index in [1.54, 1.807) is 24.5 Å². The molecule has 1 unspecified atom stereocenters. The molecule has 4 rings (SSSR count). The number of rotatable bonds is 4. The summed E-state index contributed by atoms with van der Waals surface area (Å²) in [5.41, 5.74) is 1.69. The molecule has 1 atom stereocenters. The van der Waals surface area contributed by atoms with Crippen molar-refractivity contribution in [2.45, 2.75) is 24.4 Å². The van der Waals surface area contributed by atoms with Crippen LogP contribution in [0, 0.1) is 0 Å². The Hall–Kier alpha value is -2.20. The van der Waals surface area contributed by atoms with Crippen molar-refractivity contribution in [2.75, 3.05) is 19.6 Å². The fraction of sp³-hybridized carbons (Fsp3) is 0.333. The maximum Gasteiger partial charge on any atom is 0.419 e. The molecule has 0 aliphatic carbocycles. The smallest absolute Gasteiger partial charge is 0.408 e. The fourth-order valence-electron chi connectivity index (χ4n) is 3.47. The quantitative estimate of drug-likeness (QED) is 0.685. The largest absolute Gasteiger partial charge is 0.419 e. The Morgan fingerprint density at radius 1 is 1.32 bits per heavy atom. The van der Waals surface area contributed by atoms with E-state index in [0.717, 1.165) is 5.56 Å². The molecular weight excluding hydrogens is 404 g/mol. The molecule has 10 heteroatoms. The lowest BCUT2D eigenvalue weighted by Gasteiger charge is -2.35. The summed E-state index contributed by atoms with van der Waals surface area (Å²) >= 11 is 0. The van der Waals surface area contributed by atoms with E-state index in [1.807, 2.05) is 13.0 Å². The molecule has 2 aromatic heterocycles. The molecule has 3 aromatic rings. The first-order chi connectivity index (χ1) is 13.0. The molecular formula is C18H21ClN4O4S. The molecule has 1 saturated heterocycles. The van der Waals surface area contributed by atoms with Crippen molar-refractivity contribution >= 4 is 33.5 Å². The molecule has 1 aliphatic rings. The first-order valence-corrected chi connectivity index (χ1v) is 10.2. The summed E-state index contributed by atoms with van der Waals surface area (Å²) < 4.78 is 34.8. The van der Waals surface area contributed by atoms with Gasteiger partial charge < -0.3 is 9.73 Å². The molecule has 1 aliphatic heterocycles. The molecule has 1 aromatic carbocycles. The summed E-state index contributed by atoms with van der Waals surface area (Å²) in [7, 11) is -3.77. The summed E-state index contributed by atoms with van der Waals surface area (Å²) in [5, 5.41) is 3.24. The van der Waals surface area contributed by atoms with Crippen LogP contribution in [0.25, 0.3) is 11.1 Å². The van der Waals surface area contributed by atoms with Crippen molar-refractivity contribution in [3.63, 3.8) is 0 Å². The van der Waals surface area contributed by atoms with Crippen LogP contribution in [0.15, 0.2) is 56.8 Å². The monoisotopic (exact) mass is 424 g/mol. The van der Waals surface area contributed by atoms with E-state index in [9.17, 15) is 13.2 Å². The minimum atomic E-state index is -3.77. The molecule has 0 amide bonds. The number of sulfonamides is 1. The lowest BCUT2D eigenvalue weighted by Crippen LogP contribution is -2.48. The van der Waals surface area contributed by atoms with E-state index in [0.29, 0.717) is 31.7 Å². The van der Waals surface area contributed by atoms with Gasteiger partial charge in [0.1, 0.15) is 0 Å². The van der Waals surface area contributed by atoms with Gasteiger partial charge in [0.25, 0.3) is 0 Å². The van der Waals surface area contributed by atoms with Crippen molar-refractivity contribution < 1.29 is 12.8 Å². The van der Waals surface area contributed by atoms with Gasteiger partial charge in [0.05, 0.1) is 16.5 Å². The predicted octanol–water partition coefficient (Wildman–Crippen LogP) is 1.77. The molecule has 0 spiro atoms. The Morgan fingerprint density at radius 3 is 2.86 bits per heavy atom. The molecule has 8 nitrogen and oxygen atoms in total. The molecule has 0 bridgehead atoms. The third kappa shape index (κ3) is 3.46. The minimum Gasteiger partial charge on any atom is -0.408 e. The van der Waals surface area contributed by atoms with Gasteiger partial charge in [-0.05, 0) is 30.7 Å². The van der Waals surface area contributed by atoms with Crippen LogP contribution >= 0.6 is 12.4 Å². The van der Waals surface area contributed by atoms with E-state index >= 15 is 0 Å². The van der Waals surface area contributed by atoms with Crippen molar-refractivity contribution in [1.82, 2.24) is 19.2 Å². The van der Waals surface area contributed by atoms with Crippen molar-refractivity contribution in [2.24, 2.45) is 0 Å². The number of halogens is 1. The van der Waals surface area contributed by atoms with Crippen LogP contribution in [-0.2, 0) is 16.6 Å². The second kappa shape index (κ2) is 8.04.